The van der Waals surface area contributed by atoms with Crippen molar-refractivity contribution in [1.82, 2.24) is 4.57 Å². The molecule has 0 radical (unpaired) electrons. The maximum Gasteiger partial charge on any atom is 0.0726 e. The summed E-state index contributed by atoms with van der Waals surface area (Å²) in [4.78, 5) is 2.50. The molecule has 9 aromatic carbocycles. The first-order valence-electron chi connectivity index (χ1n) is 19.8. The van der Waals surface area contributed by atoms with E-state index >= 15 is 0 Å². The standard InChI is InChI=1S/C55H36N2/c1-4-18-37(19-5-1)38-34-52(54-46-27-13-17-31-51(46)57(53(54)35-38)40-22-8-3-9-23-40)56(39-20-6-2-7-21-39)41-32-33-45-44-26-12-16-30-49(44)55(50(45)36-41)47-28-14-10-24-42(47)43-25-11-15-29-48(43)55/h1-36H. The Labute approximate surface area is 332 Å². The highest BCUT2D eigenvalue weighted by atomic mass is 15.1. The first kappa shape index (κ1) is 31.9. The summed E-state index contributed by atoms with van der Waals surface area (Å²) >= 11 is 0. The van der Waals surface area contributed by atoms with E-state index in [0.717, 1.165) is 22.7 Å². The van der Waals surface area contributed by atoms with Gasteiger partial charge in [0.05, 0.1) is 22.1 Å². The highest BCUT2D eigenvalue weighted by Gasteiger charge is 2.51. The smallest absolute Gasteiger partial charge is 0.0726 e. The van der Waals surface area contributed by atoms with Gasteiger partial charge in [0.25, 0.3) is 0 Å². The van der Waals surface area contributed by atoms with Gasteiger partial charge < -0.3 is 9.47 Å². The lowest BCUT2D eigenvalue weighted by atomic mass is 9.70. The fourth-order valence-electron chi connectivity index (χ4n) is 10.1. The molecular formula is C55H36N2. The summed E-state index contributed by atoms with van der Waals surface area (Å²) in [5.74, 6) is 0. The fraction of sp³-hybridized carbons (Fsp3) is 0.0182. The Hall–Kier alpha value is -7.42. The largest absolute Gasteiger partial charge is 0.310 e. The normalized spacial score (nSPS) is 13.1. The van der Waals surface area contributed by atoms with E-state index in [-0.39, 0.29) is 0 Å². The minimum absolute atomic E-state index is 0.442. The Bertz CT molecular complexity index is 3110. The van der Waals surface area contributed by atoms with Gasteiger partial charge in [-0.15, -0.1) is 0 Å². The summed E-state index contributed by atoms with van der Waals surface area (Å²) in [6.07, 6.45) is 0. The molecule has 2 nitrogen and oxygen atoms in total. The molecule has 0 fully saturated rings. The molecule has 1 heterocycles. The van der Waals surface area contributed by atoms with Crippen molar-refractivity contribution in [2.45, 2.75) is 5.41 Å². The van der Waals surface area contributed by atoms with E-state index in [2.05, 4.69) is 228 Å². The van der Waals surface area contributed by atoms with Gasteiger partial charge in [-0.2, -0.15) is 0 Å². The number of anilines is 3. The SMILES string of the molecule is c1ccc(-c2cc(N(c3ccccc3)c3ccc4c(c3)C3(c5ccccc5-c5ccccc53)c3ccccc3-4)c3c4ccccc4n(-c4ccccc4)c3c2)cc1. The predicted molar refractivity (Wildman–Crippen MR) is 237 cm³/mol. The number of para-hydroxylation sites is 3. The van der Waals surface area contributed by atoms with E-state index in [1.807, 2.05) is 0 Å². The Morgan fingerprint density at radius 1 is 0.351 bits per heavy atom. The topological polar surface area (TPSA) is 8.17 Å². The van der Waals surface area contributed by atoms with Crippen LogP contribution < -0.4 is 4.90 Å². The summed E-state index contributed by atoms with van der Waals surface area (Å²) in [5, 5.41) is 2.43. The third kappa shape index (κ3) is 4.47. The average molecular weight is 725 g/mol. The summed E-state index contributed by atoms with van der Waals surface area (Å²) in [6, 6.07) is 80.5. The Balaban J connectivity index is 1.20. The number of fused-ring (bicyclic) bond motifs is 13. The van der Waals surface area contributed by atoms with Crippen molar-refractivity contribution >= 4 is 38.9 Å². The average Bonchev–Trinajstić information content (AvgIpc) is 3.89. The van der Waals surface area contributed by atoms with Crippen LogP contribution in [-0.2, 0) is 5.41 Å². The molecule has 2 aliphatic rings. The van der Waals surface area contributed by atoms with Crippen molar-refractivity contribution in [3.63, 3.8) is 0 Å². The van der Waals surface area contributed by atoms with E-state index in [9.17, 15) is 0 Å². The monoisotopic (exact) mass is 724 g/mol. The van der Waals surface area contributed by atoms with Gasteiger partial charge in [0.2, 0.25) is 0 Å². The molecule has 0 saturated carbocycles. The summed E-state index contributed by atoms with van der Waals surface area (Å²) in [7, 11) is 0. The molecule has 1 spiro atoms. The molecule has 10 aromatic rings. The lowest BCUT2D eigenvalue weighted by Gasteiger charge is -2.32. The molecule has 2 aliphatic carbocycles. The number of rotatable bonds is 5. The van der Waals surface area contributed by atoms with Gasteiger partial charge in [-0.3, -0.25) is 0 Å². The summed E-state index contributed by atoms with van der Waals surface area (Å²) in [5.41, 5.74) is 19.3. The van der Waals surface area contributed by atoms with Crippen LogP contribution in [0, 0.1) is 0 Å². The molecule has 0 amide bonds. The van der Waals surface area contributed by atoms with Crippen LogP contribution in [0.4, 0.5) is 17.1 Å². The zero-order valence-electron chi connectivity index (χ0n) is 31.2. The van der Waals surface area contributed by atoms with Gasteiger partial charge in [-0.1, -0.05) is 164 Å². The summed E-state index contributed by atoms with van der Waals surface area (Å²) in [6.45, 7) is 0. The quantitative estimate of drug-likeness (QED) is 0.172. The van der Waals surface area contributed by atoms with Gasteiger partial charge in [0.1, 0.15) is 0 Å². The number of nitrogens with zero attached hydrogens (tertiary/aromatic N) is 2. The molecule has 0 atom stereocenters. The molecule has 266 valence electrons. The zero-order chi connectivity index (χ0) is 37.5. The number of hydrogen-bond donors (Lipinski definition) is 0. The highest BCUT2D eigenvalue weighted by molar-refractivity contribution is 6.18. The minimum Gasteiger partial charge on any atom is -0.310 e. The van der Waals surface area contributed by atoms with Crippen molar-refractivity contribution < 1.29 is 0 Å². The van der Waals surface area contributed by atoms with Gasteiger partial charge in [0.15, 0.2) is 0 Å². The van der Waals surface area contributed by atoms with Crippen molar-refractivity contribution in [1.29, 1.82) is 0 Å². The third-order valence-electron chi connectivity index (χ3n) is 12.4. The van der Waals surface area contributed by atoms with Crippen molar-refractivity contribution in [3.05, 3.63) is 241 Å². The number of hydrogen-bond acceptors (Lipinski definition) is 1. The lowest BCUT2D eigenvalue weighted by Crippen LogP contribution is -2.26. The maximum absolute atomic E-state index is 2.50. The Morgan fingerprint density at radius 2 is 0.877 bits per heavy atom. The number of aromatic nitrogens is 1. The second kappa shape index (κ2) is 12.3. The van der Waals surface area contributed by atoms with Crippen molar-refractivity contribution in [2.75, 3.05) is 4.90 Å². The van der Waals surface area contributed by atoms with Gasteiger partial charge >= 0.3 is 0 Å². The molecule has 57 heavy (non-hydrogen) atoms. The molecule has 12 rings (SSSR count). The molecule has 0 N–H and O–H groups in total. The number of benzene rings is 9. The third-order valence-corrected chi connectivity index (χ3v) is 12.4. The van der Waals surface area contributed by atoms with Gasteiger partial charge in [-0.25, -0.2) is 0 Å². The molecule has 0 unspecified atom stereocenters. The van der Waals surface area contributed by atoms with E-state index in [1.165, 1.54) is 77.4 Å². The van der Waals surface area contributed by atoms with Crippen molar-refractivity contribution in [2.24, 2.45) is 0 Å². The molecule has 2 heteroatoms. The van der Waals surface area contributed by atoms with Gasteiger partial charge in [0, 0.05) is 27.8 Å². The van der Waals surface area contributed by atoms with Crippen LogP contribution in [0.25, 0.3) is 60.9 Å². The molecular weight excluding hydrogens is 689 g/mol. The lowest BCUT2D eigenvalue weighted by molar-refractivity contribution is 0.793. The van der Waals surface area contributed by atoms with Crippen LogP contribution in [0.3, 0.4) is 0 Å². The first-order chi connectivity index (χ1) is 28.3. The highest BCUT2D eigenvalue weighted by Crippen LogP contribution is 2.63. The summed E-state index contributed by atoms with van der Waals surface area (Å²) < 4.78 is 2.44. The van der Waals surface area contributed by atoms with E-state index in [0.29, 0.717) is 0 Å². The van der Waals surface area contributed by atoms with Gasteiger partial charge in [-0.05, 0) is 110 Å². The van der Waals surface area contributed by atoms with E-state index in [1.54, 1.807) is 0 Å². The van der Waals surface area contributed by atoms with Crippen LogP contribution in [-0.4, -0.2) is 4.57 Å². The second-order valence-corrected chi connectivity index (χ2v) is 15.2. The van der Waals surface area contributed by atoms with Crippen LogP contribution in [0.1, 0.15) is 22.3 Å². The minimum atomic E-state index is -0.442. The van der Waals surface area contributed by atoms with Crippen molar-refractivity contribution in [3.8, 4) is 39.1 Å². The van der Waals surface area contributed by atoms with E-state index in [4.69, 9.17) is 0 Å². The fourth-order valence-corrected chi connectivity index (χ4v) is 10.1. The molecule has 0 aliphatic heterocycles. The molecule has 1 aromatic heterocycles. The molecule has 0 saturated heterocycles. The Morgan fingerprint density at radius 3 is 1.53 bits per heavy atom. The van der Waals surface area contributed by atoms with E-state index < -0.39 is 5.41 Å². The maximum atomic E-state index is 2.50. The van der Waals surface area contributed by atoms with Crippen LogP contribution in [0.15, 0.2) is 218 Å². The zero-order valence-corrected chi connectivity index (χ0v) is 31.2. The first-order valence-corrected chi connectivity index (χ1v) is 19.8. The van der Waals surface area contributed by atoms with Crippen LogP contribution >= 0.6 is 0 Å². The predicted octanol–water partition coefficient (Wildman–Crippen LogP) is 14.3. The van der Waals surface area contributed by atoms with Crippen LogP contribution in [0.2, 0.25) is 0 Å². The molecule has 0 bridgehead atoms. The second-order valence-electron chi connectivity index (χ2n) is 15.2. The Kier molecular flexibility index (Phi) is 6.88. The van der Waals surface area contributed by atoms with Crippen LogP contribution in [0.5, 0.6) is 0 Å².